The van der Waals surface area contributed by atoms with Gasteiger partial charge in [0.15, 0.2) is 18.9 Å². The van der Waals surface area contributed by atoms with Crippen molar-refractivity contribution in [3.63, 3.8) is 0 Å². The first-order valence-electron chi connectivity index (χ1n) is 36.2. The molecule has 12 N–H and O–H groups in total. The summed E-state index contributed by atoms with van der Waals surface area (Å²) in [6.07, 6.45) is 56.5. The van der Waals surface area contributed by atoms with E-state index in [0.717, 1.165) is 109 Å². The molecule has 0 aromatic heterocycles. The number of nitrogens with one attached hydrogen (secondary N) is 1. The van der Waals surface area contributed by atoms with Crippen molar-refractivity contribution in [2.24, 2.45) is 0 Å². The second kappa shape index (κ2) is 57.1. The summed E-state index contributed by atoms with van der Waals surface area (Å²) in [5.41, 5.74) is 0. The highest BCUT2D eigenvalue weighted by atomic mass is 16.8. The number of hydrogen-bond acceptors (Lipinski definition) is 18. The van der Waals surface area contributed by atoms with Gasteiger partial charge in [0.1, 0.15) is 73.2 Å². The Hall–Kier alpha value is -4.59. The van der Waals surface area contributed by atoms with Gasteiger partial charge in [-0.2, -0.15) is 0 Å². The number of aliphatic hydroxyl groups excluding tert-OH is 11. The van der Waals surface area contributed by atoms with Gasteiger partial charge in [0.05, 0.1) is 38.6 Å². The lowest BCUT2D eigenvalue weighted by Crippen LogP contribution is -2.66. The SMILES string of the molecule is CC/C=C\C/C=C\C/C=C\C/C=C\C/C=C\C/C=C\C/C=C\C/C=C\C/C=C\C/C=C\C/C=C\CCCCCC(=O)NC(COC1OC(CO)C(OC2OC(CO)C(OC3OC(CO)C(O)C(O)C3O)C(O)C2O)C(O)C1O)C(O)/C=C/CC/C=C/CCCCCCCCCCC. The monoisotopic (exact) mass is 1360 g/mol. The van der Waals surface area contributed by atoms with E-state index in [0.29, 0.717) is 12.8 Å². The van der Waals surface area contributed by atoms with E-state index >= 15 is 0 Å². The Labute approximate surface area is 580 Å². The number of carbonyl (C=O) groups excluding carboxylic acids is 1. The normalized spacial score (nSPS) is 27.9. The van der Waals surface area contributed by atoms with Gasteiger partial charge >= 0.3 is 0 Å². The lowest BCUT2D eigenvalue weighted by atomic mass is 9.96. The first-order valence-corrected chi connectivity index (χ1v) is 36.2. The topological polar surface area (TPSA) is 307 Å². The van der Waals surface area contributed by atoms with Crippen LogP contribution in [-0.2, 0) is 33.2 Å². The highest BCUT2D eigenvalue weighted by molar-refractivity contribution is 5.76. The molecule has 17 atom stereocenters. The molecular weight excluding hydrogens is 1240 g/mol. The fourth-order valence-corrected chi connectivity index (χ4v) is 11.0. The fraction of sp³-hybridized carbons (Fsp3) is 0.654. The van der Waals surface area contributed by atoms with Crippen LogP contribution in [0.5, 0.6) is 0 Å². The maximum atomic E-state index is 13.4. The van der Waals surface area contributed by atoms with E-state index in [9.17, 15) is 61.0 Å². The molecule has 3 saturated heterocycles. The molecule has 3 aliphatic heterocycles. The third-order valence-corrected chi connectivity index (χ3v) is 16.8. The molecule has 3 aliphatic rings. The van der Waals surface area contributed by atoms with Crippen molar-refractivity contribution in [2.45, 2.75) is 298 Å². The lowest BCUT2D eigenvalue weighted by molar-refractivity contribution is -0.379. The molecule has 19 heteroatoms. The Morgan fingerprint density at radius 3 is 1.15 bits per heavy atom. The maximum Gasteiger partial charge on any atom is 0.220 e. The zero-order valence-electron chi connectivity index (χ0n) is 58.2. The zero-order valence-corrected chi connectivity index (χ0v) is 58.2. The third-order valence-electron chi connectivity index (χ3n) is 16.8. The van der Waals surface area contributed by atoms with Crippen LogP contribution >= 0.6 is 0 Å². The van der Waals surface area contributed by atoms with Crippen molar-refractivity contribution < 1.29 is 89.4 Å². The van der Waals surface area contributed by atoms with Gasteiger partial charge in [-0.05, 0) is 116 Å². The van der Waals surface area contributed by atoms with Crippen LogP contribution in [0.15, 0.2) is 158 Å². The summed E-state index contributed by atoms with van der Waals surface area (Å²) in [7, 11) is 0. The minimum absolute atomic E-state index is 0.184. The molecule has 0 radical (unpaired) electrons. The van der Waals surface area contributed by atoms with Crippen LogP contribution in [0.4, 0.5) is 0 Å². The molecule has 0 aromatic rings. The van der Waals surface area contributed by atoms with E-state index < -0.39 is 131 Å². The van der Waals surface area contributed by atoms with E-state index in [-0.39, 0.29) is 12.3 Å². The molecule has 0 aromatic carbocycles. The summed E-state index contributed by atoms with van der Waals surface area (Å²) in [6.45, 7) is 1.54. The van der Waals surface area contributed by atoms with Gasteiger partial charge in [-0.15, -0.1) is 0 Å². The summed E-state index contributed by atoms with van der Waals surface area (Å²) < 4.78 is 34.3. The van der Waals surface area contributed by atoms with E-state index in [1.165, 1.54) is 51.4 Å². The predicted octanol–water partition coefficient (Wildman–Crippen LogP) is 10.5. The summed E-state index contributed by atoms with van der Waals surface area (Å²) in [4.78, 5) is 13.4. The average molecular weight is 1360 g/mol. The van der Waals surface area contributed by atoms with Crippen LogP contribution in [-0.4, -0.2) is 193 Å². The third kappa shape index (κ3) is 38.1. The molecule has 3 rings (SSSR count). The zero-order chi connectivity index (χ0) is 70.4. The van der Waals surface area contributed by atoms with Crippen LogP contribution in [0.3, 0.4) is 0 Å². The second-order valence-electron chi connectivity index (χ2n) is 25.0. The van der Waals surface area contributed by atoms with Crippen molar-refractivity contribution >= 4 is 5.91 Å². The average Bonchev–Trinajstić information content (AvgIpc) is 0.789. The number of carbonyl (C=O) groups is 1. The smallest absolute Gasteiger partial charge is 0.220 e. The van der Waals surface area contributed by atoms with Crippen molar-refractivity contribution in [1.82, 2.24) is 5.32 Å². The number of amides is 1. The molecule has 0 aliphatic carbocycles. The summed E-state index contributed by atoms with van der Waals surface area (Å²) >= 11 is 0. The molecular formula is C78H125NO18. The van der Waals surface area contributed by atoms with Crippen LogP contribution in [0, 0.1) is 0 Å². The number of rotatable bonds is 53. The van der Waals surface area contributed by atoms with E-state index in [1.807, 2.05) is 6.08 Å². The lowest BCUT2D eigenvalue weighted by Gasteiger charge is -2.48. The van der Waals surface area contributed by atoms with Gasteiger partial charge in [-0.1, -0.05) is 230 Å². The van der Waals surface area contributed by atoms with E-state index in [1.54, 1.807) is 6.08 Å². The van der Waals surface area contributed by atoms with Crippen molar-refractivity contribution in [3.8, 4) is 0 Å². The molecule has 0 spiro atoms. The fourth-order valence-electron chi connectivity index (χ4n) is 11.0. The molecule has 3 fully saturated rings. The summed E-state index contributed by atoms with van der Waals surface area (Å²) in [5.74, 6) is -0.325. The van der Waals surface area contributed by atoms with Gasteiger partial charge < -0.3 is 89.9 Å². The number of hydrogen-bond donors (Lipinski definition) is 12. The van der Waals surface area contributed by atoms with Crippen LogP contribution in [0.1, 0.15) is 194 Å². The Morgan fingerprint density at radius 1 is 0.381 bits per heavy atom. The first-order chi connectivity index (χ1) is 47.3. The molecule has 3 heterocycles. The van der Waals surface area contributed by atoms with Crippen LogP contribution in [0.2, 0.25) is 0 Å². The molecule has 19 nitrogen and oxygen atoms in total. The quantitative estimate of drug-likeness (QED) is 0.0199. The number of aliphatic hydroxyl groups is 11. The Bertz CT molecular complexity index is 2370. The molecule has 0 saturated carbocycles. The van der Waals surface area contributed by atoms with Gasteiger partial charge in [0.2, 0.25) is 5.91 Å². The van der Waals surface area contributed by atoms with Crippen LogP contribution in [0.25, 0.3) is 0 Å². The standard InChI is InChI=1S/C78H125NO18/c1-3-5-7-9-11-13-15-17-19-20-21-22-23-24-25-26-27-28-29-30-31-32-33-34-35-36-37-38-39-40-42-44-46-48-50-52-54-56-66(84)79-61(62(83)55-53-51-49-47-45-43-41-18-16-14-12-10-8-6-4-2)60-92-76-72(90)69(87)74(64(58-81)94-76)97-78-73(91)70(88)75(65(59-82)95-78)96-77-71(89)68(86)67(85)63(57-80)93-77/h5,7,11,13,17,19,21-22,24-25,27-28,30-31,33-34,36-37,39-40,44-47,53,55,61-65,67-78,80-83,85-91H,3-4,6,8-10,12,14-16,18,20,23,26,29,32,35,38,41-43,48-52,54,56-60H2,1-2H3,(H,79,84)/b7-5-,13-11-,19-17-,22-21-,25-24-,28-27-,31-30-,34-33-,37-36-,40-39-,46-44-,47-45+,55-53+. The minimum Gasteiger partial charge on any atom is -0.394 e. The Morgan fingerprint density at radius 2 is 0.722 bits per heavy atom. The Kier molecular flexibility index (Phi) is 51.0. The largest absolute Gasteiger partial charge is 0.394 e. The van der Waals surface area contributed by atoms with Gasteiger partial charge in [0, 0.05) is 6.42 Å². The number of unbranched alkanes of at least 4 members (excludes halogenated alkanes) is 13. The van der Waals surface area contributed by atoms with Crippen LogP contribution < -0.4 is 5.32 Å². The van der Waals surface area contributed by atoms with Crippen molar-refractivity contribution in [1.29, 1.82) is 0 Å². The van der Waals surface area contributed by atoms with Crippen molar-refractivity contribution in [2.75, 3.05) is 26.4 Å². The van der Waals surface area contributed by atoms with Gasteiger partial charge in [-0.25, -0.2) is 0 Å². The highest BCUT2D eigenvalue weighted by Gasteiger charge is 2.53. The molecule has 550 valence electrons. The molecule has 1 amide bonds. The van der Waals surface area contributed by atoms with E-state index in [2.05, 4.69) is 165 Å². The number of allylic oxidation sites excluding steroid dienone is 25. The van der Waals surface area contributed by atoms with Gasteiger partial charge in [-0.3, -0.25) is 4.79 Å². The summed E-state index contributed by atoms with van der Waals surface area (Å²) in [5, 5.41) is 120. The number of ether oxygens (including phenoxy) is 6. The Balaban J connectivity index is 1.40. The molecule has 17 unspecified atom stereocenters. The minimum atomic E-state index is -1.99. The second-order valence-corrected chi connectivity index (χ2v) is 25.0. The molecule has 0 bridgehead atoms. The highest BCUT2D eigenvalue weighted by Crippen LogP contribution is 2.33. The summed E-state index contributed by atoms with van der Waals surface area (Å²) in [6, 6.07) is -1.02. The van der Waals surface area contributed by atoms with E-state index in [4.69, 9.17) is 28.4 Å². The van der Waals surface area contributed by atoms with Gasteiger partial charge in [0.25, 0.3) is 0 Å². The maximum absolute atomic E-state index is 13.4. The predicted molar refractivity (Wildman–Crippen MR) is 382 cm³/mol. The molecule has 97 heavy (non-hydrogen) atoms. The first kappa shape index (κ1) is 86.6. The van der Waals surface area contributed by atoms with Crippen molar-refractivity contribution in [3.05, 3.63) is 158 Å².